The molecule has 1 aromatic rings. The third-order valence-corrected chi connectivity index (χ3v) is 1.63. The Morgan fingerprint density at radius 1 is 1.06 bits per heavy atom. The molecule has 0 N–H and O–H groups in total. The zero-order valence-electron chi connectivity index (χ0n) is 12.3. The lowest BCUT2D eigenvalue weighted by Crippen LogP contribution is -1.90. The lowest BCUT2D eigenvalue weighted by molar-refractivity contribution is 0.445. The SMILES string of the molecule is C=C/C(=C\C=C/C)Oc1ccccc1.CC.CC. The molecule has 0 aromatic heterocycles. The molecule has 0 atom stereocenters. The molecule has 1 heteroatoms. The smallest absolute Gasteiger partial charge is 0.127 e. The summed E-state index contributed by atoms with van der Waals surface area (Å²) in [5.41, 5.74) is 0. The lowest BCUT2D eigenvalue weighted by Gasteiger charge is -2.04. The maximum Gasteiger partial charge on any atom is 0.127 e. The summed E-state index contributed by atoms with van der Waals surface area (Å²) >= 11 is 0. The Labute approximate surface area is 113 Å². The minimum absolute atomic E-state index is 0.745. The molecular formula is C17H26O. The number of para-hydroxylation sites is 1. The van der Waals surface area contributed by atoms with E-state index in [9.17, 15) is 0 Å². The minimum Gasteiger partial charge on any atom is -0.457 e. The zero-order chi connectivity index (χ0) is 14.2. The summed E-state index contributed by atoms with van der Waals surface area (Å²) in [6, 6.07) is 9.65. The lowest BCUT2D eigenvalue weighted by atomic mass is 10.3. The molecule has 0 heterocycles. The highest BCUT2D eigenvalue weighted by atomic mass is 16.5. The van der Waals surface area contributed by atoms with Crippen LogP contribution in [0.2, 0.25) is 0 Å². The van der Waals surface area contributed by atoms with Gasteiger partial charge < -0.3 is 4.74 Å². The zero-order valence-corrected chi connectivity index (χ0v) is 12.3. The van der Waals surface area contributed by atoms with Gasteiger partial charge in [0.05, 0.1) is 0 Å². The molecule has 0 amide bonds. The van der Waals surface area contributed by atoms with Gasteiger partial charge in [-0.2, -0.15) is 0 Å². The number of rotatable bonds is 4. The molecule has 1 rings (SSSR count). The molecule has 1 nitrogen and oxygen atoms in total. The van der Waals surface area contributed by atoms with Crippen LogP contribution in [0.15, 0.2) is 67.0 Å². The molecule has 0 aliphatic carbocycles. The molecule has 0 bridgehead atoms. The van der Waals surface area contributed by atoms with E-state index in [1.807, 2.05) is 83.2 Å². The second-order valence-corrected chi connectivity index (χ2v) is 2.71. The summed E-state index contributed by atoms with van der Waals surface area (Å²) in [7, 11) is 0. The molecule has 0 unspecified atom stereocenters. The van der Waals surface area contributed by atoms with Crippen LogP contribution in [-0.2, 0) is 0 Å². The van der Waals surface area contributed by atoms with E-state index in [4.69, 9.17) is 4.74 Å². The molecule has 100 valence electrons. The van der Waals surface area contributed by atoms with Crippen LogP contribution in [0.25, 0.3) is 0 Å². The monoisotopic (exact) mass is 246 g/mol. The molecule has 0 radical (unpaired) electrons. The minimum atomic E-state index is 0.745. The fourth-order valence-electron chi connectivity index (χ4n) is 0.959. The van der Waals surface area contributed by atoms with Crippen molar-refractivity contribution in [2.24, 2.45) is 0 Å². The summed E-state index contributed by atoms with van der Waals surface area (Å²) in [5.74, 6) is 1.57. The Hall–Kier alpha value is -1.76. The van der Waals surface area contributed by atoms with Gasteiger partial charge in [0.25, 0.3) is 0 Å². The normalized spacial score (nSPS) is 9.72. The van der Waals surface area contributed by atoms with E-state index in [1.165, 1.54) is 0 Å². The van der Waals surface area contributed by atoms with Crippen LogP contribution < -0.4 is 4.74 Å². The molecule has 0 saturated heterocycles. The van der Waals surface area contributed by atoms with Crippen LogP contribution in [0.1, 0.15) is 34.6 Å². The van der Waals surface area contributed by atoms with Crippen LogP contribution in [0.3, 0.4) is 0 Å². The van der Waals surface area contributed by atoms with Crippen LogP contribution in [0, 0.1) is 0 Å². The quantitative estimate of drug-likeness (QED) is 0.484. The largest absolute Gasteiger partial charge is 0.457 e. The van der Waals surface area contributed by atoms with Crippen LogP contribution in [-0.4, -0.2) is 0 Å². The van der Waals surface area contributed by atoms with E-state index < -0.39 is 0 Å². The van der Waals surface area contributed by atoms with Crippen molar-refractivity contribution in [3.8, 4) is 5.75 Å². The summed E-state index contributed by atoms with van der Waals surface area (Å²) in [5, 5.41) is 0. The van der Waals surface area contributed by atoms with Crippen molar-refractivity contribution in [2.45, 2.75) is 34.6 Å². The average molecular weight is 246 g/mol. The molecule has 1 aromatic carbocycles. The number of allylic oxidation sites excluding steroid dienone is 4. The van der Waals surface area contributed by atoms with Crippen LogP contribution in [0.5, 0.6) is 5.75 Å². The van der Waals surface area contributed by atoms with Gasteiger partial charge in [0.15, 0.2) is 0 Å². The number of benzene rings is 1. The Kier molecular flexibility index (Phi) is 15.7. The highest BCUT2D eigenvalue weighted by molar-refractivity contribution is 5.27. The predicted octanol–water partition coefficient (Wildman–Crippen LogP) is 5.76. The first-order valence-corrected chi connectivity index (χ1v) is 6.55. The maximum absolute atomic E-state index is 5.56. The van der Waals surface area contributed by atoms with Gasteiger partial charge in [0, 0.05) is 0 Å². The van der Waals surface area contributed by atoms with Gasteiger partial charge >= 0.3 is 0 Å². The van der Waals surface area contributed by atoms with Gasteiger partial charge in [0.2, 0.25) is 0 Å². The van der Waals surface area contributed by atoms with Gasteiger partial charge in [-0.25, -0.2) is 0 Å². The predicted molar refractivity (Wildman–Crippen MR) is 82.9 cm³/mol. The van der Waals surface area contributed by atoms with E-state index in [2.05, 4.69) is 6.58 Å². The Morgan fingerprint density at radius 2 is 1.61 bits per heavy atom. The maximum atomic E-state index is 5.56. The van der Waals surface area contributed by atoms with Crippen molar-refractivity contribution in [1.29, 1.82) is 0 Å². The second-order valence-electron chi connectivity index (χ2n) is 2.71. The Bertz CT molecular complexity index is 334. The molecule has 0 aliphatic rings. The van der Waals surface area contributed by atoms with Gasteiger partial charge in [-0.1, -0.05) is 64.6 Å². The fraction of sp³-hybridized carbons (Fsp3) is 0.294. The van der Waals surface area contributed by atoms with Crippen molar-refractivity contribution >= 4 is 0 Å². The second kappa shape index (κ2) is 15.2. The fourth-order valence-corrected chi connectivity index (χ4v) is 0.959. The molecule has 0 saturated carbocycles. The van der Waals surface area contributed by atoms with Crippen molar-refractivity contribution in [3.05, 3.63) is 67.0 Å². The van der Waals surface area contributed by atoms with Gasteiger partial charge in [-0.3, -0.25) is 0 Å². The highest BCUT2D eigenvalue weighted by Gasteiger charge is 1.93. The van der Waals surface area contributed by atoms with Crippen LogP contribution in [0.4, 0.5) is 0 Å². The topological polar surface area (TPSA) is 9.23 Å². The number of hydrogen-bond donors (Lipinski definition) is 0. The number of hydrogen-bond acceptors (Lipinski definition) is 1. The van der Waals surface area contributed by atoms with Crippen LogP contribution >= 0.6 is 0 Å². The van der Waals surface area contributed by atoms with Crippen molar-refractivity contribution < 1.29 is 4.74 Å². The van der Waals surface area contributed by atoms with Crippen molar-refractivity contribution in [3.63, 3.8) is 0 Å². The Morgan fingerprint density at radius 3 is 2.06 bits per heavy atom. The Balaban J connectivity index is 0. The molecule has 18 heavy (non-hydrogen) atoms. The summed E-state index contributed by atoms with van der Waals surface area (Å²) < 4.78 is 5.56. The average Bonchev–Trinajstić information content (AvgIpc) is 2.48. The number of ether oxygens (including phenoxy) is 1. The van der Waals surface area contributed by atoms with E-state index in [0.29, 0.717) is 0 Å². The summed E-state index contributed by atoms with van der Waals surface area (Å²) in [6.45, 7) is 13.6. The molecule has 0 aliphatic heterocycles. The van der Waals surface area contributed by atoms with Gasteiger partial charge in [-0.05, 0) is 31.2 Å². The summed E-state index contributed by atoms with van der Waals surface area (Å²) in [4.78, 5) is 0. The first-order chi connectivity index (χ1) is 8.86. The third-order valence-electron chi connectivity index (χ3n) is 1.63. The van der Waals surface area contributed by atoms with Gasteiger partial charge in [-0.15, -0.1) is 0 Å². The van der Waals surface area contributed by atoms with E-state index in [0.717, 1.165) is 11.5 Å². The standard InChI is InChI=1S/C13H14O.2C2H6/c1-3-5-9-12(4-2)14-13-10-7-6-8-11-13;2*1-2/h3-11H,2H2,1H3;2*1-2H3/b5-3-,12-9+;;. The summed E-state index contributed by atoms with van der Waals surface area (Å²) in [6.07, 6.45) is 7.42. The van der Waals surface area contributed by atoms with E-state index in [1.54, 1.807) is 6.08 Å². The molecule has 0 spiro atoms. The first kappa shape index (κ1) is 18.6. The van der Waals surface area contributed by atoms with E-state index >= 15 is 0 Å². The van der Waals surface area contributed by atoms with Gasteiger partial charge in [0.1, 0.15) is 11.5 Å². The highest BCUT2D eigenvalue weighted by Crippen LogP contribution is 2.13. The van der Waals surface area contributed by atoms with Crippen molar-refractivity contribution in [1.82, 2.24) is 0 Å². The first-order valence-electron chi connectivity index (χ1n) is 6.55. The molecular weight excluding hydrogens is 220 g/mol. The van der Waals surface area contributed by atoms with Crippen molar-refractivity contribution in [2.75, 3.05) is 0 Å². The van der Waals surface area contributed by atoms with E-state index in [-0.39, 0.29) is 0 Å². The third kappa shape index (κ3) is 9.46. The molecule has 0 fully saturated rings.